The standard InChI is InChI=1S/C23H23F6N3O/c1-13-5-3-7-16(9-13)31(2)21(33)20-17-8-4-6-14(17)12-32(20)19-11-15(22(24,25)26)10-18(30-19)23(27,28)29/h3,5,7,9-11,14,17,20H,4,6,8,12H2,1-2H3/t14-,17-,20-/m0/s1. The van der Waals surface area contributed by atoms with Crippen molar-refractivity contribution in [1.29, 1.82) is 0 Å². The molecule has 0 unspecified atom stereocenters. The number of pyridine rings is 1. The van der Waals surface area contributed by atoms with E-state index in [1.54, 1.807) is 25.2 Å². The van der Waals surface area contributed by atoms with E-state index in [0.717, 1.165) is 18.4 Å². The molecule has 1 aliphatic carbocycles. The van der Waals surface area contributed by atoms with Crippen LogP contribution in [0.3, 0.4) is 0 Å². The van der Waals surface area contributed by atoms with Crippen LogP contribution in [0.5, 0.6) is 0 Å². The van der Waals surface area contributed by atoms with Crippen molar-refractivity contribution in [3.8, 4) is 0 Å². The number of rotatable bonds is 3. The van der Waals surface area contributed by atoms with Crippen LogP contribution in [0.25, 0.3) is 0 Å². The highest BCUT2D eigenvalue weighted by molar-refractivity contribution is 5.99. The average Bonchev–Trinajstić information content (AvgIpc) is 3.32. The Balaban J connectivity index is 1.77. The Morgan fingerprint density at radius 3 is 2.42 bits per heavy atom. The van der Waals surface area contributed by atoms with Gasteiger partial charge in [-0.15, -0.1) is 0 Å². The molecule has 0 radical (unpaired) electrons. The van der Waals surface area contributed by atoms with Crippen molar-refractivity contribution < 1.29 is 31.1 Å². The fraction of sp³-hybridized carbons (Fsp3) is 0.478. The second-order valence-corrected chi connectivity index (χ2v) is 8.78. The molecular weight excluding hydrogens is 448 g/mol. The number of nitrogens with zero attached hydrogens (tertiary/aromatic N) is 3. The molecule has 0 N–H and O–H groups in total. The lowest BCUT2D eigenvalue weighted by atomic mass is 9.93. The van der Waals surface area contributed by atoms with E-state index in [1.165, 1.54) is 9.80 Å². The summed E-state index contributed by atoms with van der Waals surface area (Å²) in [5.74, 6) is -0.990. The summed E-state index contributed by atoms with van der Waals surface area (Å²) in [4.78, 5) is 19.9. The third-order valence-electron chi connectivity index (χ3n) is 6.59. The van der Waals surface area contributed by atoms with Gasteiger partial charge < -0.3 is 9.80 Å². The molecule has 4 nitrogen and oxygen atoms in total. The highest BCUT2D eigenvalue weighted by atomic mass is 19.4. The van der Waals surface area contributed by atoms with Crippen LogP contribution >= 0.6 is 0 Å². The first-order chi connectivity index (χ1) is 15.4. The van der Waals surface area contributed by atoms with Crippen molar-refractivity contribution >= 4 is 17.4 Å². The Morgan fingerprint density at radius 2 is 1.79 bits per heavy atom. The number of hydrogen-bond donors (Lipinski definition) is 0. The number of aromatic nitrogens is 1. The summed E-state index contributed by atoms with van der Waals surface area (Å²) in [5, 5.41) is 0. The lowest BCUT2D eigenvalue weighted by molar-refractivity contribution is -0.145. The molecule has 1 aliphatic heterocycles. The summed E-state index contributed by atoms with van der Waals surface area (Å²) in [6.07, 6.45) is -7.71. The number of likely N-dealkylation sites (N-methyl/N-ethyl adjacent to an activating group) is 1. The van der Waals surface area contributed by atoms with Gasteiger partial charge in [-0.3, -0.25) is 4.79 Å². The molecular formula is C23H23F6N3O. The lowest BCUT2D eigenvalue weighted by Crippen LogP contribution is -2.47. The van der Waals surface area contributed by atoms with E-state index < -0.39 is 35.5 Å². The number of hydrogen-bond acceptors (Lipinski definition) is 3. The third kappa shape index (κ3) is 4.52. The maximum Gasteiger partial charge on any atom is 0.433 e. The van der Waals surface area contributed by atoms with Crippen molar-refractivity contribution in [3.63, 3.8) is 0 Å². The Kier molecular flexibility index (Phi) is 5.82. The first-order valence-corrected chi connectivity index (χ1v) is 10.6. The first kappa shape index (κ1) is 23.4. The molecule has 1 saturated carbocycles. The highest BCUT2D eigenvalue weighted by Crippen LogP contribution is 2.46. The minimum Gasteiger partial charge on any atom is -0.344 e. The van der Waals surface area contributed by atoms with Gasteiger partial charge in [-0.2, -0.15) is 26.3 Å². The van der Waals surface area contributed by atoms with E-state index in [0.29, 0.717) is 18.2 Å². The molecule has 1 amide bonds. The summed E-state index contributed by atoms with van der Waals surface area (Å²) < 4.78 is 80.3. The zero-order valence-corrected chi connectivity index (χ0v) is 18.0. The van der Waals surface area contributed by atoms with Crippen LogP contribution in [0.2, 0.25) is 0 Å². The topological polar surface area (TPSA) is 36.4 Å². The van der Waals surface area contributed by atoms with Crippen LogP contribution in [-0.2, 0) is 17.1 Å². The van der Waals surface area contributed by atoms with E-state index in [1.807, 2.05) is 13.0 Å². The average molecular weight is 471 g/mol. The molecule has 1 saturated heterocycles. The van der Waals surface area contributed by atoms with Gasteiger partial charge >= 0.3 is 12.4 Å². The van der Waals surface area contributed by atoms with Gasteiger partial charge in [0.2, 0.25) is 5.91 Å². The molecule has 0 spiro atoms. The van der Waals surface area contributed by atoms with Crippen molar-refractivity contribution in [3.05, 3.63) is 53.2 Å². The zero-order valence-electron chi connectivity index (χ0n) is 18.0. The Bertz CT molecular complexity index is 1020. The number of fused-ring (bicyclic) bond motifs is 1. The predicted molar refractivity (Wildman–Crippen MR) is 111 cm³/mol. The molecule has 33 heavy (non-hydrogen) atoms. The van der Waals surface area contributed by atoms with E-state index in [2.05, 4.69) is 4.98 Å². The smallest absolute Gasteiger partial charge is 0.344 e. The number of alkyl halides is 6. The number of benzene rings is 1. The molecule has 2 heterocycles. The van der Waals surface area contributed by atoms with E-state index in [9.17, 15) is 31.1 Å². The fourth-order valence-corrected chi connectivity index (χ4v) is 4.99. The molecule has 3 atom stereocenters. The van der Waals surface area contributed by atoms with Gasteiger partial charge in [0.15, 0.2) is 0 Å². The van der Waals surface area contributed by atoms with E-state index in [4.69, 9.17) is 0 Å². The van der Waals surface area contributed by atoms with Crippen LogP contribution < -0.4 is 9.80 Å². The summed E-state index contributed by atoms with van der Waals surface area (Å²) in [7, 11) is 1.57. The molecule has 10 heteroatoms. The van der Waals surface area contributed by atoms with Gasteiger partial charge in [-0.05, 0) is 61.4 Å². The van der Waals surface area contributed by atoms with Gasteiger partial charge in [-0.1, -0.05) is 18.6 Å². The first-order valence-electron chi connectivity index (χ1n) is 10.6. The Hall–Kier alpha value is -2.78. The highest BCUT2D eigenvalue weighted by Gasteiger charge is 2.50. The van der Waals surface area contributed by atoms with Crippen molar-refractivity contribution in [2.45, 2.75) is 44.6 Å². The fourth-order valence-electron chi connectivity index (χ4n) is 4.99. The van der Waals surface area contributed by atoms with Crippen molar-refractivity contribution in [2.24, 2.45) is 11.8 Å². The van der Waals surface area contributed by atoms with Gasteiger partial charge in [0.05, 0.1) is 5.56 Å². The minimum absolute atomic E-state index is 0.00976. The summed E-state index contributed by atoms with van der Waals surface area (Å²) >= 11 is 0. The van der Waals surface area contributed by atoms with Gasteiger partial charge in [0.25, 0.3) is 0 Å². The molecule has 1 aromatic heterocycles. The SMILES string of the molecule is Cc1cccc(N(C)C(=O)[C@@H]2[C@H]3CCC[C@H]3CN2c2cc(C(F)(F)F)cc(C(F)(F)F)n2)c1. The molecule has 0 bridgehead atoms. The number of amides is 1. The Labute approximate surface area is 187 Å². The van der Waals surface area contributed by atoms with Crippen LogP contribution in [0.15, 0.2) is 36.4 Å². The number of carbonyl (C=O) groups is 1. The maximum atomic E-state index is 13.6. The molecule has 2 aromatic rings. The van der Waals surface area contributed by atoms with Crippen LogP contribution in [0.4, 0.5) is 37.8 Å². The number of aryl methyl sites for hydroxylation is 1. The third-order valence-corrected chi connectivity index (χ3v) is 6.59. The molecule has 4 rings (SSSR count). The molecule has 1 aromatic carbocycles. The summed E-state index contributed by atoms with van der Waals surface area (Å²) in [5.41, 5.74) is -1.53. The van der Waals surface area contributed by atoms with Crippen molar-refractivity contribution in [1.82, 2.24) is 4.98 Å². The van der Waals surface area contributed by atoms with Gasteiger partial charge in [-0.25, -0.2) is 4.98 Å². The zero-order chi connectivity index (χ0) is 24.1. The monoisotopic (exact) mass is 471 g/mol. The number of halogens is 6. The van der Waals surface area contributed by atoms with Crippen LogP contribution in [0, 0.1) is 18.8 Å². The second kappa shape index (κ2) is 8.22. The summed E-state index contributed by atoms with van der Waals surface area (Å²) in [6, 6.07) is 6.92. The minimum atomic E-state index is -5.05. The largest absolute Gasteiger partial charge is 0.433 e. The van der Waals surface area contributed by atoms with Crippen molar-refractivity contribution in [2.75, 3.05) is 23.4 Å². The van der Waals surface area contributed by atoms with Crippen LogP contribution in [-0.4, -0.2) is 30.5 Å². The van der Waals surface area contributed by atoms with E-state index >= 15 is 0 Å². The molecule has 178 valence electrons. The second-order valence-electron chi connectivity index (χ2n) is 8.78. The number of anilines is 2. The van der Waals surface area contributed by atoms with E-state index in [-0.39, 0.29) is 30.4 Å². The Morgan fingerprint density at radius 1 is 1.06 bits per heavy atom. The molecule has 2 fully saturated rings. The van der Waals surface area contributed by atoms with Gasteiger partial charge in [0, 0.05) is 19.3 Å². The number of carbonyl (C=O) groups excluding carboxylic acids is 1. The normalized spacial score (nSPS) is 23.0. The summed E-state index contributed by atoms with van der Waals surface area (Å²) in [6.45, 7) is 2.05. The van der Waals surface area contributed by atoms with Crippen LogP contribution in [0.1, 0.15) is 36.1 Å². The lowest BCUT2D eigenvalue weighted by Gasteiger charge is -2.32. The quantitative estimate of drug-likeness (QED) is 0.540. The predicted octanol–water partition coefficient (Wildman–Crippen LogP) is 5.70. The molecule has 2 aliphatic rings. The maximum absolute atomic E-state index is 13.6. The van der Waals surface area contributed by atoms with Gasteiger partial charge in [0.1, 0.15) is 17.6 Å².